The second-order valence-corrected chi connectivity index (χ2v) is 7.18. The highest BCUT2D eigenvalue weighted by atomic mass is 16.4. The molecule has 0 aliphatic rings. The van der Waals surface area contributed by atoms with Crippen LogP contribution in [0, 0.1) is 0 Å². The number of nitrogens with zero attached hydrogens (tertiary/aromatic N) is 2. The lowest BCUT2D eigenvalue weighted by atomic mass is 10.1. The largest absolute Gasteiger partial charge is 0.435 e. The Kier molecular flexibility index (Phi) is 5.40. The van der Waals surface area contributed by atoms with Gasteiger partial charge in [-0.2, -0.15) is 0 Å². The van der Waals surface area contributed by atoms with Crippen LogP contribution in [0.5, 0.6) is 0 Å². The van der Waals surface area contributed by atoms with Gasteiger partial charge >= 0.3 is 0 Å². The summed E-state index contributed by atoms with van der Waals surface area (Å²) < 4.78 is 6.10. The number of hydrogen-bond acceptors (Lipinski definition) is 4. The van der Waals surface area contributed by atoms with E-state index in [1.807, 2.05) is 79.7 Å². The van der Waals surface area contributed by atoms with E-state index in [-0.39, 0.29) is 5.91 Å². The smallest absolute Gasteiger partial charge is 0.273 e. The second kappa shape index (κ2) is 8.29. The molecule has 146 valence electrons. The van der Waals surface area contributed by atoms with Crippen LogP contribution in [0.2, 0.25) is 0 Å². The van der Waals surface area contributed by atoms with Crippen molar-refractivity contribution >= 4 is 16.7 Å². The highest BCUT2D eigenvalue weighted by molar-refractivity contribution is 5.98. The number of fused-ring (bicyclic) bond motifs is 1. The van der Waals surface area contributed by atoms with E-state index >= 15 is 0 Å². The number of rotatable bonds is 6. The summed E-state index contributed by atoms with van der Waals surface area (Å²) in [6.45, 7) is 1.29. The predicted octanol–water partition coefficient (Wildman–Crippen LogP) is 4.45. The van der Waals surface area contributed by atoms with Crippen LogP contribution < -0.4 is 5.32 Å². The molecule has 0 spiro atoms. The molecule has 0 fully saturated rings. The molecule has 1 N–H and O–H groups in total. The maximum atomic E-state index is 12.8. The molecule has 0 saturated carbocycles. The summed E-state index contributed by atoms with van der Waals surface area (Å²) in [5, 5.41) is 5.18. The van der Waals surface area contributed by atoms with Crippen molar-refractivity contribution in [2.45, 2.75) is 0 Å². The molecule has 0 atom stereocenters. The summed E-state index contributed by atoms with van der Waals surface area (Å²) in [7, 11) is 3.94. The Balaban J connectivity index is 1.73. The van der Waals surface area contributed by atoms with E-state index in [2.05, 4.69) is 22.4 Å². The topological polar surface area (TPSA) is 58.4 Å². The van der Waals surface area contributed by atoms with Gasteiger partial charge in [0.05, 0.1) is 0 Å². The van der Waals surface area contributed by atoms with Crippen LogP contribution in [-0.4, -0.2) is 43.0 Å². The lowest BCUT2D eigenvalue weighted by molar-refractivity contribution is 0.0947. The summed E-state index contributed by atoms with van der Waals surface area (Å²) in [5.74, 6) is 0.685. The van der Waals surface area contributed by atoms with Crippen LogP contribution in [0.15, 0.2) is 77.2 Å². The number of nitrogens with one attached hydrogen (secondary N) is 1. The number of carbonyl (C=O) groups is 1. The zero-order valence-electron chi connectivity index (χ0n) is 16.6. The minimum Gasteiger partial charge on any atom is -0.435 e. The molecule has 29 heavy (non-hydrogen) atoms. The SMILES string of the molecule is CN(C)CCNC(=O)c1nc(-c2ccc3ccccc3c2)oc1-c1ccccc1. The molecule has 5 nitrogen and oxygen atoms in total. The number of likely N-dealkylation sites (N-methyl/N-ethyl adjacent to an activating group) is 1. The first-order chi connectivity index (χ1) is 14.1. The van der Waals surface area contributed by atoms with Gasteiger partial charge in [-0.3, -0.25) is 4.79 Å². The van der Waals surface area contributed by atoms with Crippen LogP contribution in [0.25, 0.3) is 33.6 Å². The van der Waals surface area contributed by atoms with Gasteiger partial charge < -0.3 is 14.6 Å². The molecule has 0 saturated heterocycles. The molecule has 1 aromatic heterocycles. The van der Waals surface area contributed by atoms with Crippen LogP contribution in [0.4, 0.5) is 0 Å². The Bertz CT molecular complexity index is 1130. The normalized spacial score (nSPS) is 11.1. The van der Waals surface area contributed by atoms with E-state index in [1.165, 1.54) is 0 Å². The van der Waals surface area contributed by atoms with Crippen molar-refractivity contribution in [1.29, 1.82) is 0 Å². The average Bonchev–Trinajstić information content (AvgIpc) is 3.19. The second-order valence-electron chi connectivity index (χ2n) is 7.18. The number of carbonyl (C=O) groups excluding carboxylic acids is 1. The fourth-order valence-corrected chi connectivity index (χ4v) is 3.18. The molecule has 0 bridgehead atoms. The molecule has 4 aromatic rings. The molecular weight excluding hydrogens is 362 g/mol. The molecule has 4 rings (SSSR count). The molecule has 0 aliphatic carbocycles. The molecule has 1 heterocycles. The molecule has 0 aliphatic heterocycles. The lowest BCUT2D eigenvalue weighted by Gasteiger charge is -2.09. The van der Waals surface area contributed by atoms with E-state index in [1.54, 1.807) is 0 Å². The summed E-state index contributed by atoms with van der Waals surface area (Å²) in [4.78, 5) is 19.4. The predicted molar refractivity (Wildman–Crippen MR) is 116 cm³/mol. The maximum Gasteiger partial charge on any atom is 0.273 e. The average molecular weight is 385 g/mol. The number of benzene rings is 3. The molecule has 1 amide bonds. The molecule has 0 radical (unpaired) electrons. The lowest BCUT2D eigenvalue weighted by Crippen LogP contribution is -2.31. The quantitative estimate of drug-likeness (QED) is 0.533. The van der Waals surface area contributed by atoms with Gasteiger partial charge in [-0.1, -0.05) is 60.7 Å². The van der Waals surface area contributed by atoms with Crippen molar-refractivity contribution in [3.8, 4) is 22.8 Å². The van der Waals surface area contributed by atoms with Gasteiger partial charge in [-0.15, -0.1) is 0 Å². The van der Waals surface area contributed by atoms with E-state index in [0.717, 1.165) is 28.4 Å². The zero-order chi connectivity index (χ0) is 20.2. The maximum absolute atomic E-state index is 12.8. The standard InChI is InChI=1S/C24H23N3O2/c1-27(2)15-14-25-23(28)21-22(18-9-4-3-5-10-18)29-24(26-21)20-13-12-17-8-6-7-11-19(17)16-20/h3-13,16H,14-15H2,1-2H3,(H,25,28). The number of amides is 1. The highest BCUT2D eigenvalue weighted by Crippen LogP contribution is 2.31. The third-order valence-corrected chi connectivity index (χ3v) is 4.72. The van der Waals surface area contributed by atoms with Crippen molar-refractivity contribution in [2.75, 3.05) is 27.2 Å². The van der Waals surface area contributed by atoms with Gasteiger partial charge in [-0.05, 0) is 37.0 Å². The molecular formula is C24H23N3O2. The summed E-state index contributed by atoms with van der Waals surface area (Å²) >= 11 is 0. The zero-order valence-corrected chi connectivity index (χ0v) is 16.6. The van der Waals surface area contributed by atoms with Crippen LogP contribution >= 0.6 is 0 Å². The first-order valence-electron chi connectivity index (χ1n) is 9.60. The fraction of sp³-hybridized carbons (Fsp3) is 0.167. The first-order valence-corrected chi connectivity index (χ1v) is 9.60. The highest BCUT2D eigenvalue weighted by Gasteiger charge is 2.22. The van der Waals surface area contributed by atoms with Crippen LogP contribution in [0.1, 0.15) is 10.5 Å². The minimum atomic E-state index is -0.235. The van der Waals surface area contributed by atoms with E-state index in [4.69, 9.17) is 4.42 Å². The molecule has 3 aromatic carbocycles. The van der Waals surface area contributed by atoms with Gasteiger partial charge in [0.2, 0.25) is 5.89 Å². The van der Waals surface area contributed by atoms with Gasteiger partial charge in [0.1, 0.15) is 0 Å². The van der Waals surface area contributed by atoms with Crippen molar-refractivity contribution in [3.05, 3.63) is 78.5 Å². The van der Waals surface area contributed by atoms with Crippen LogP contribution in [0.3, 0.4) is 0 Å². The first kappa shape index (κ1) is 18.9. The van der Waals surface area contributed by atoms with Crippen molar-refractivity contribution < 1.29 is 9.21 Å². The summed E-state index contributed by atoms with van der Waals surface area (Å²) in [6.07, 6.45) is 0. The Morgan fingerprint density at radius 1 is 0.931 bits per heavy atom. The number of oxazole rings is 1. The van der Waals surface area contributed by atoms with Crippen LogP contribution in [-0.2, 0) is 0 Å². The van der Waals surface area contributed by atoms with Crippen molar-refractivity contribution in [1.82, 2.24) is 15.2 Å². The summed E-state index contributed by atoms with van der Waals surface area (Å²) in [6, 6.07) is 23.8. The van der Waals surface area contributed by atoms with Gasteiger partial charge in [0, 0.05) is 24.2 Å². The monoisotopic (exact) mass is 385 g/mol. The Morgan fingerprint density at radius 3 is 2.41 bits per heavy atom. The Hall–Kier alpha value is -3.44. The van der Waals surface area contributed by atoms with E-state index in [0.29, 0.717) is 23.9 Å². The third-order valence-electron chi connectivity index (χ3n) is 4.72. The third kappa shape index (κ3) is 4.20. The van der Waals surface area contributed by atoms with Gasteiger partial charge in [0.15, 0.2) is 11.5 Å². The minimum absolute atomic E-state index is 0.235. The number of hydrogen-bond donors (Lipinski definition) is 1. The van der Waals surface area contributed by atoms with E-state index in [9.17, 15) is 4.79 Å². The van der Waals surface area contributed by atoms with E-state index < -0.39 is 0 Å². The molecule has 5 heteroatoms. The Labute approximate surface area is 170 Å². The Morgan fingerprint density at radius 2 is 1.66 bits per heavy atom. The van der Waals surface area contributed by atoms with Gasteiger partial charge in [0.25, 0.3) is 5.91 Å². The van der Waals surface area contributed by atoms with Gasteiger partial charge in [-0.25, -0.2) is 4.98 Å². The summed E-state index contributed by atoms with van der Waals surface area (Å²) in [5.41, 5.74) is 1.97. The van der Waals surface area contributed by atoms with Crippen molar-refractivity contribution in [3.63, 3.8) is 0 Å². The fourth-order valence-electron chi connectivity index (χ4n) is 3.18. The number of aromatic nitrogens is 1. The molecule has 0 unspecified atom stereocenters. The van der Waals surface area contributed by atoms with Crippen molar-refractivity contribution in [2.24, 2.45) is 0 Å².